The zero-order valence-corrected chi connectivity index (χ0v) is 21.0. The Labute approximate surface area is 225 Å². The minimum atomic E-state index is -4.54. The zero-order valence-electron chi connectivity index (χ0n) is 21.0. The number of benzene rings is 5. The predicted octanol–water partition coefficient (Wildman–Crippen LogP) is 8.57. The van der Waals surface area contributed by atoms with E-state index >= 15 is 0 Å². The molecule has 1 unspecified atom stereocenters. The summed E-state index contributed by atoms with van der Waals surface area (Å²) in [6, 6.07) is 41.7. The number of fused-ring (bicyclic) bond motifs is 1. The Hall–Kier alpha value is -4.64. The van der Waals surface area contributed by atoms with E-state index in [4.69, 9.17) is 0 Å². The van der Waals surface area contributed by atoms with Crippen LogP contribution in [0.4, 0.5) is 13.2 Å². The number of rotatable bonds is 6. The number of aromatic nitrogens is 2. The van der Waals surface area contributed by atoms with Gasteiger partial charge in [-0.05, 0) is 33.0 Å². The van der Waals surface area contributed by atoms with Gasteiger partial charge in [0.1, 0.15) is 11.5 Å². The highest BCUT2D eigenvalue weighted by Gasteiger charge is 2.45. The molecule has 0 bridgehead atoms. The van der Waals surface area contributed by atoms with Crippen molar-refractivity contribution in [1.29, 1.82) is 0 Å². The molecule has 192 valence electrons. The van der Waals surface area contributed by atoms with Gasteiger partial charge in [0.05, 0.1) is 12.0 Å². The molecule has 5 aromatic carbocycles. The van der Waals surface area contributed by atoms with Crippen molar-refractivity contribution in [3.63, 3.8) is 0 Å². The highest BCUT2D eigenvalue weighted by atomic mass is 19.4. The maximum atomic E-state index is 14.8. The van der Waals surface area contributed by atoms with Crippen LogP contribution < -0.4 is 0 Å². The largest absolute Gasteiger partial charge is 0.401 e. The van der Waals surface area contributed by atoms with E-state index in [-0.39, 0.29) is 11.3 Å². The van der Waals surface area contributed by atoms with Gasteiger partial charge in [-0.3, -0.25) is 0 Å². The molecule has 0 saturated heterocycles. The molecule has 0 aliphatic rings. The second kappa shape index (κ2) is 9.91. The Morgan fingerprint density at radius 1 is 0.564 bits per heavy atom. The molecule has 2 nitrogen and oxygen atoms in total. The van der Waals surface area contributed by atoms with Crippen molar-refractivity contribution in [2.75, 3.05) is 0 Å². The second-order valence-electron chi connectivity index (χ2n) is 9.56. The fourth-order valence-corrected chi connectivity index (χ4v) is 5.66. The minimum absolute atomic E-state index is 0.0500. The lowest BCUT2D eigenvalue weighted by molar-refractivity contribution is -0.141. The summed E-state index contributed by atoms with van der Waals surface area (Å²) in [7, 11) is 0. The van der Waals surface area contributed by atoms with E-state index in [9.17, 15) is 13.2 Å². The molecule has 0 saturated carbocycles. The topological polar surface area (TPSA) is 17.8 Å². The lowest BCUT2D eigenvalue weighted by Gasteiger charge is -2.37. The van der Waals surface area contributed by atoms with E-state index in [0.717, 1.165) is 22.1 Å². The third-order valence-corrected chi connectivity index (χ3v) is 7.32. The molecule has 6 aromatic rings. The molecule has 0 radical (unpaired) electrons. The zero-order chi connectivity index (χ0) is 26.9. The van der Waals surface area contributed by atoms with Crippen LogP contribution in [0.1, 0.15) is 33.9 Å². The number of hydrogen-bond acceptors (Lipinski definition) is 1. The van der Waals surface area contributed by atoms with Gasteiger partial charge in [0.2, 0.25) is 0 Å². The number of imidazole rings is 1. The van der Waals surface area contributed by atoms with Crippen LogP contribution in [-0.2, 0) is 5.54 Å². The molecule has 0 aliphatic carbocycles. The summed E-state index contributed by atoms with van der Waals surface area (Å²) in [4.78, 5) is 4.45. The van der Waals surface area contributed by atoms with E-state index in [0.29, 0.717) is 5.39 Å². The molecule has 1 atom stereocenters. The monoisotopic (exact) mass is 518 g/mol. The van der Waals surface area contributed by atoms with Crippen molar-refractivity contribution in [1.82, 2.24) is 9.55 Å². The maximum Gasteiger partial charge on any atom is 0.401 e. The highest BCUT2D eigenvalue weighted by Crippen LogP contribution is 2.45. The number of hydrogen-bond donors (Lipinski definition) is 0. The molecule has 0 spiro atoms. The van der Waals surface area contributed by atoms with E-state index in [1.54, 1.807) is 30.5 Å². The van der Waals surface area contributed by atoms with Crippen LogP contribution in [-0.4, -0.2) is 15.7 Å². The van der Waals surface area contributed by atoms with Gasteiger partial charge in [0, 0.05) is 6.20 Å². The molecule has 0 amide bonds. The van der Waals surface area contributed by atoms with Crippen molar-refractivity contribution in [3.05, 3.63) is 174 Å². The normalized spacial score (nSPS) is 12.9. The maximum absolute atomic E-state index is 14.8. The van der Waals surface area contributed by atoms with Crippen LogP contribution in [0.15, 0.2) is 146 Å². The number of halogens is 3. The SMILES string of the molecule is FC(F)(F)C(c1cn(C(c2ccccc2)(c2ccccc2)c2ccccc2)cn1)c1cccc2ccccc12. The van der Waals surface area contributed by atoms with E-state index in [1.165, 1.54) is 6.33 Å². The summed E-state index contributed by atoms with van der Waals surface area (Å²) >= 11 is 0. The lowest BCUT2D eigenvalue weighted by Crippen LogP contribution is -2.37. The summed E-state index contributed by atoms with van der Waals surface area (Å²) in [6.07, 6.45) is -1.45. The fourth-order valence-electron chi connectivity index (χ4n) is 5.66. The van der Waals surface area contributed by atoms with Crippen molar-refractivity contribution in [2.24, 2.45) is 0 Å². The first-order chi connectivity index (χ1) is 19.0. The van der Waals surface area contributed by atoms with Crippen molar-refractivity contribution in [2.45, 2.75) is 17.6 Å². The predicted molar refractivity (Wildman–Crippen MR) is 149 cm³/mol. The highest BCUT2D eigenvalue weighted by molar-refractivity contribution is 5.86. The quantitative estimate of drug-likeness (QED) is 0.202. The van der Waals surface area contributed by atoms with Crippen LogP contribution in [0.5, 0.6) is 0 Å². The van der Waals surface area contributed by atoms with Gasteiger partial charge in [-0.25, -0.2) is 4.98 Å². The van der Waals surface area contributed by atoms with E-state index < -0.39 is 17.6 Å². The molecule has 6 rings (SSSR count). The Bertz CT molecular complexity index is 1590. The molecule has 39 heavy (non-hydrogen) atoms. The Balaban J connectivity index is 1.62. The van der Waals surface area contributed by atoms with Gasteiger partial charge in [-0.15, -0.1) is 0 Å². The van der Waals surface area contributed by atoms with Crippen LogP contribution in [0.25, 0.3) is 10.8 Å². The van der Waals surface area contributed by atoms with Gasteiger partial charge >= 0.3 is 6.18 Å². The van der Waals surface area contributed by atoms with Crippen LogP contribution >= 0.6 is 0 Å². The molecule has 0 N–H and O–H groups in total. The van der Waals surface area contributed by atoms with Gasteiger partial charge in [-0.1, -0.05) is 133 Å². The summed E-state index contributed by atoms with van der Waals surface area (Å²) in [6.45, 7) is 0. The summed E-state index contributed by atoms with van der Waals surface area (Å²) in [5, 5.41) is 1.33. The van der Waals surface area contributed by atoms with E-state index in [2.05, 4.69) is 4.98 Å². The summed E-state index contributed by atoms with van der Waals surface area (Å²) < 4.78 is 46.4. The standard InChI is InChI=1S/C34H25F3N2/c35-34(36,37)32(30-22-12-14-25-13-10-11-21-29(25)30)31-23-39(24-38-31)33(26-15-4-1-5-16-26,27-17-6-2-7-18-27)28-19-8-3-9-20-28/h1-24,32H. The molecule has 1 aromatic heterocycles. The van der Waals surface area contributed by atoms with Gasteiger partial charge in [-0.2, -0.15) is 13.2 Å². The summed E-state index contributed by atoms with van der Waals surface area (Å²) in [5.41, 5.74) is 1.95. The Kier molecular flexibility index (Phi) is 6.27. The van der Waals surface area contributed by atoms with Gasteiger partial charge in [0.25, 0.3) is 0 Å². The minimum Gasteiger partial charge on any atom is -0.319 e. The number of nitrogens with zero attached hydrogens (tertiary/aromatic N) is 2. The number of alkyl halides is 3. The third-order valence-electron chi connectivity index (χ3n) is 7.32. The van der Waals surface area contributed by atoms with Crippen LogP contribution in [0.2, 0.25) is 0 Å². The lowest BCUT2D eigenvalue weighted by atomic mass is 9.76. The first-order valence-electron chi connectivity index (χ1n) is 12.7. The van der Waals surface area contributed by atoms with Crippen LogP contribution in [0.3, 0.4) is 0 Å². The second-order valence-corrected chi connectivity index (χ2v) is 9.56. The fraction of sp³-hybridized carbons (Fsp3) is 0.0882. The van der Waals surface area contributed by atoms with Crippen molar-refractivity contribution < 1.29 is 13.2 Å². The Morgan fingerprint density at radius 2 is 1.05 bits per heavy atom. The molecule has 0 aliphatic heterocycles. The molecular formula is C34H25F3N2. The molecule has 1 heterocycles. The summed E-state index contributed by atoms with van der Waals surface area (Å²) in [5.74, 6) is -1.88. The first-order valence-corrected chi connectivity index (χ1v) is 12.7. The average molecular weight is 519 g/mol. The average Bonchev–Trinajstić information content (AvgIpc) is 3.44. The Morgan fingerprint density at radius 3 is 1.59 bits per heavy atom. The van der Waals surface area contributed by atoms with Gasteiger partial charge in [0.15, 0.2) is 0 Å². The van der Waals surface area contributed by atoms with Crippen molar-refractivity contribution in [3.8, 4) is 0 Å². The smallest absolute Gasteiger partial charge is 0.319 e. The molecular weight excluding hydrogens is 493 g/mol. The van der Waals surface area contributed by atoms with Gasteiger partial charge < -0.3 is 4.57 Å². The first kappa shape index (κ1) is 24.7. The molecule has 0 fully saturated rings. The van der Waals surface area contributed by atoms with Crippen molar-refractivity contribution >= 4 is 10.8 Å². The van der Waals surface area contributed by atoms with Crippen LogP contribution in [0, 0.1) is 0 Å². The molecule has 5 heteroatoms. The third kappa shape index (κ3) is 4.30. The van der Waals surface area contributed by atoms with E-state index in [1.807, 2.05) is 114 Å².